The smallest absolute Gasteiger partial charge is 0.126 e. The molecule has 0 atom stereocenters. The van der Waals surface area contributed by atoms with Crippen LogP contribution in [0.5, 0.6) is 5.75 Å². The van der Waals surface area contributed by atoms with Gasteiger partial charge in [-0.25, -0.2) is 0 Å². The van der Waals surface area contributed by atoms with Crippen LogP contribution in [0.15, 0.2) is 66.9 Å². The van der Waals surface area contributed by atoms with Crippen molar-refractivity contribution >= 4 is 58.9 Å². The fourth-order valence-corrected chi connectivity index (χ4v) is 5.76. The number of nitrogens with zero attached hydrogens (tertiary/aromatic N) is 3. The van der Waals surface area contributed by atoms with Gasteiger partial charge in [0.15, 0.2) is 0 Å². The lowest BCUT2D eigenvalue weighted by Crippen LogP contribution is -2.45. The van der Waals surface area contributed by atoms with Crippen LogP contribution in [0.3, 0.4) is 0 Å². The molecular formula is C30H36Cl4N4O. The fraction of sp³-hybridized carbons (Fsp3) is 0.333. The second-order valence-corrected chi connectivity index (χ2v) is 10.5. The molecule has 210 valence electrons. The minimum atomic E-state index is 0. The summed E-state index contributed by atoms with van der Waals surface area (Å²) in [5.74, 6) is 0.889. The molecule has 2 heterocycles. The molecule has 4 aromatic rings. The molecule has 1 aromatic heterocycles. The van der Waals surface area contributed by atoms with Crippen LogP contribution in [0.2, 0.25) is 10.0 Å². The van der Waals surface area contributed by atoms with E-state index in [4.69, 9.17) is 33.7 Å². The topological polar surface area (TPSA) is 46.7 Å². The van der Waals surface area contributed by atoms with Crippen LogP contribution in [-0.2, 0) is 19.6 Å². The standard InChI is InChI=1S/C30H34Cl2N4O.2ClH/c1-37-30-9-3-2-6-23(30)25-21-36(13-5-12-33)29-11-10-22(18-24(25)29)19-34-14-16-35(17-15-34)20-26-27(31)7-4-8-28(26)32;;/h2-4,6-11,18,21H,5,12-17,19-20,33H2,1H3;2*1H. The van der Waals surface area contributed by atoms with E-state index in [9.17, 15) is 0 Å². The van der Waals surface area contributed by atoms with Gasteiger partial charge in [0, 0.05) is 89.6 Å². The summed E-state index contributed by atoms with van der Waals surface area (Å²) in [7, 11) is 1.73. The molecule has 0 aliphatic carbocycles. The molecule has 39 heavy (non-hydrogen) atoms. The molecule has 5 rings (SSSR count). The van der Waals surface area contributed by atoms with Gasteiger partial charge in [-0.15, -0.1) is 24.8 Å². The number of aryl methyl sites for hydroxylation is 1. The zero-order valence-electron chi connectivity index (χ0n) is 22.1. The maximum Gasteiger partial charge on any atom is 0.126 e. The number of rotatable bonds is 9. The van der Waals surface area contributed by atoms with Gasteiger partial charge < -0.3 is 15.0 Å². The molecule has 0 spiro atoms. The van der Waals surface area contributed by atoms with E-state index >= 15 is 0 Å². The Balaban J connectivity index is 0.00000210. The van der Waals surface area contributed by atoms with Crippen LogP contribution in [0.4, 0.5) is 0 Å². The third-order valence-electron chi connectivity index (χ3n) is 7.26. The summed E-state index contributed by atoms with van der Waals surface area (Å²) in [6.45, 7) is 7.30. The van der Waals surface area contributed by atoms with E-state index in [1.807, 2.05) is 30.3 Å². The summed E-state index contributed by atoms with van der Waals surface area (Å²) in [6, 6.07) is 20.9. The molecule has 0 radical (unpaired) electrons. The third-order valence-corrected chi connectivity index (χ3v) is 7.97. The number of hydrogen-bond acceptors (Lipinski definition) is 4. The van der Waals surface area contributed by atoms with E-state index in [0.717, 1.165) is 79.2 Å². The van der Waals surface area contributed by atoms with Gasteiger partial charge in [-0.2, -0.15) is 0 Å². The van der Waals surface area contributed by atoms with Crippen LogP contribution in [-0.4, -0.2) is 54.2 Å². The van der Waals surface area contributed by atoms with E-state index in [2.05, 4.69) is 50.9 Å². The highest BCUT2D eigenvalue weighted by atomic mass is 35.5. The highest BCUT2D eigenvalue weighted by Crippen LogP contribution is 2.37. The molecule has 0 amide bonds. The van der Waals surface area contributed by atoms with Gasteiger partial charge in [0.2, 0.25) is 0 Å². The van der Waals surface area contributed by atoms with Gasteiger partial charge in [0.05, 0.1) is 7.11 Å². The average molecular weight is 610 g/mol. The number of para-hydroxylation sites is 1. The van der Waals surface area contributed by atoms with Crippen molar-refractivity contribution in [1.82, 2.24) is 14.4 Å². The Morgan fingerprint density at radius 1 is 0.821 bits per heavy atom. The predicted molar refractivity (Wildman–Crippen MR) is 169 cm³/mol. The Labute approximate surface area is 253 Å². The lowest BCUT2D eigenvalue weighted by Gasteiger charge is -2.35. The van der Waals surface area contributed by atoms with E-state index in [1.54, 1.807) is 7.11 Å². The Morgan fingerprint density at radius 2 is 1.49 bits per heavy atom. The van der Waals surface area contributed by atoms with Crippen LogP contribution >= 0.6 is 48.0 Å². The first kappa shape index (κ1) is 31.6. The number of piperazine rings is 1. The number of benzene rings is 3. The van der Waals surface area contributed by atoms with Crippen molar-refractivity contribution in [1.29, 1.82) is 0 Å². The van der Waals surface area contributed by atoms with Crippen molar-refractivity contribution in [2.45, 2.75) is 26.1 Å². The van der Waals surface area contributed by atoms with E-state index in [0.29, 0.717) is 6.54 Å². The summed E-state index contributed by atoms with van der Waals surface area (Å²) in [4.78, 5) is 4.96. The molecular weight excluding hydrogens is 574 g/mol. The fourth-order valence-electron chi connectivity index (χ4n) is 5.24. The normalized spacial score (nSPS) is 14.2. The molecule has 5 nitrogen and oxygen atoms in total. The molecule has 0 saturated carbocycles. The summed E-state index contributed by atoms with van der Waals surface area (Å²) >= 11 is 12.8. The zero-order chi connectivity index (χ0) is 25.8. The lowest BCUT2D eigenvalue weighted by atomic mass is 10.0. The second-order valence-electron chi connectivity index (χ2n) is 9.68. The van der Waals surface area contributed by atoms with Gasteiger partial charge in [-0.3, -0.25) is 9.80 Å². The molecule has 0 unspecified atom stereocenters. The number of nitrogens with two attached hydrogens (primary N) is 1. The molecule has 3 aromatic carbocycles. The molecule has 9 heteroatoms. The van der Waals surface area contributed by atoms with E-state index < -0.39 is 0 Å². The quantitative estimate of drug-likeness (QED) is 0.219. The summed E-state index contributed by atoms with van der Waals surface area (Å²) in [5.41, 5.74) is 11.7. The number of ether oxygens (including phenoxy) is 1. The molecule has 1 aliphatic rings. The molecule has 2 N–H and O–H groups in total. The monoisotopic (exact) mass is 608 g/mol. The van der Waals surface area contributed by atoms with Gasteiger partial charge in [-0.1, -0.05) is 53.5 Å². The van der Waals surface area contributed by atoms with Crippen LogP contribution in [0.1, 0.15) is 17.5 Å². The van der Waals surface area contributed by atoms with Gasteiger partial charge in [-0.05, 0) is 48.9 Å². The largest absolute Gasteiger partial charge is 0.496 e. The number of fused-ring (bicyclic) bond motifs is 1. The Bertz CT molecular complexity index is 1350. The molecule has 0 bridgehead atoms. The average Bonchev–Trinajstić information content (AvgIpc) is 3.28. The zero-order valence-corrected chi connectivity index (χ0v) is 25.3. The van der Waals surface area contributed by atoms with Crippen LogP contribution in [0.25, 0.3) is 22.0 Å². The number of hydrogen-bond donors (Lipinski definition) is 1. The van der Waals surface area contributed by atoms with Gasteiger partial charge >= 0.3 is 0 Å². The third kappa shape index (κ3) is 7.22. The first-order chi connectivity index (χ1) is 18.1. The number of halogens is 4. The number of methoxy groups -OCH3 is 1. The minimum absolute atomic E-state index is 0. The predicted octanol–water partition coefficient (Wildman–Crippen LogP) is 7.13. The SMILES string of the molecule is COc1ccccc1-c1cn(CCCN)c2ccc(CN3CCN(Cc4c(Cl)cccc4Cl)CC3)cc12.Cl.Cl. The van der Waals surface area contributed by atoms with Crippen molar-refractivity contribution in [2.75, 3.05) is 39.8 Å². The summed E-state index contributed by atoms with van der Waals surface area (Å²) in [6.07, 6.45) is 3.20. The summed E-state index contributed by atoms with van der Waals surface area (Å²) < 4.78 is 8.03. The van der Waals surface area contributed by atoms with E-state index in [-0.39, 0.29) is 24.8 Å². The van der Waals surface area contributed by atoms with Gasteiger partial charge in [0.1, 0.15) is 5.75 Å². The van der Waals surface area contributed by atoms with Gasteiger partial charge in [0.25, 0.3) is 0 Å². The molecule has 1 saturated heterocycles. The van der Waals surface area contributed by atoms with Crippen LogP contribution < -0.4 is 10.5 Å². The van der Waals surface area contributed by atoms with Crippen molar-refractivity contribution in [3.05, 3.63) is 88.0 Å². The first-order valence-electron chi connectivity index (χ1n) is 12.9. The number of aromatic nitrogens is 1. The molecule has 1 fully saturated rings. The Kier molecular flexibility index (Phi) is 11.8. The summed E-state index contributed by atoms with van der Waals surface area (Å²) in [5, 5.41) is 2.74. The van der Waals surface area contributed by atoms with Crippen molar-refractivity contribution < 1.29 is 4.74 Å². The minimum Gasteiger partial charge on any atom is -0.496 e. The Hall–Kier alpha value is -1.96. The van der Waals surface area contributed by atoms with Crippen molar-refractivity contribution in [3.8, 4) is 16.9 Å². The highest BCUT2D eigenvalue weighted by molar-refractivity contribution is 6.35. The lowest BCUT2D eigenvalue weighted by molar-refractivity contribution is 0.122. The first-order valence-corrected chi connectivity index (χ1v) is 13.7. The Morgan fingerprint density at radius 3 is 2.15 bits per heavy atom. The maximum atomic E-state index is 6.40. The van der Waals surface area contributed by atoms with E-state index in [1.165, 1.54) is 22.0 Å². The molecule has 1 aliphatic heterocycles. The maximum absolute atomic E-state index is 6.40. The van der Waals surface area contributed by atoms with Crippen molar-refractivity contribution in [2.24, 2.45) is 5.73 Å². The highest BCUT2D eigenvalue weighted by Gasteiger charge is 2.20. The van der Waals surface area contributed by atoms with Crippen LogP contribution in [0, 0.1) is 0 Å². The van der Waals surface area contributed by atoms with Crippen molar-refractivity contribution in [3.63, 3.8) is 0 Å². The second kappa shape index (κ2) is 14.6.